The zero-order chi connectivity index (χ0) is 24.5. The molecule has 9 nitrogen and oxygen atoms in total. The van der Waals surface area contributed by atoms with Crippen LogP contribution in [0.4, 0.5) is 23.2 Å². The first-order chi connectivity index (χ1) is 15.9. The van der Waals surface area contributed by atoms with Gasteiger partial charge >= 0.3 is 15.6 Å². The van der Waals surface area contributed by atoms with Gasteiger partial charge in [-0.25, -0.2) is 9.38 Å². The second-order valence-corrected chi connectivity index (χ2v) is 9.33. The monoisotopic (exact) mass is 501 g/mol. The van der Waals surface area contributed by atoms with Crippen LogP contribution in [0.5, 0.6) is 17.2 Å². The van der Waals surface area contributed by atoms with Gasteiger partial charge in [0, 0.05) is 35.8 Å². The Morgan fingerprint density at radius 2 is 1.94 bits per heavy atom. The van der Waals surface area contributed by atoms with Crippen LogP contribution in [0, 0.1) is 5.82 Å². The third-order valence-electron chi connectivity index (χ3n) is 5.69. The minimum Gasteiger partial charge on any atom is -0.462 e. The SMILES string of the molecule is NC1=N[C@@]2(CO1)c1cc(OS(=O)(=O)C(F)(F)F)ccc1Oc1c(F)cc(N3CCCC3=O)cc12. The molecule has 3 aliphatic heterocycles. The number of aliphatic imine (C=N–C) groups is 1. The van der Waals surface area contributed by atoms with E-state index >= 15 is 4.39 Å². The van der Waals surface area contributed by atoms with Crippen LogP contribution in [-0.4, -0.2) is 39.0 Å². The summed E-state index contributed by atoms with van der Waals surface area (Å²) in [5.74, 6) is -1.94. The molecule has 1 amide bonds. The predicted octanol–water partition coefficient (Wildman–Crippen LogP) is 2.88. The van der Waals surface area contributed by atoms with Gasteiger partial charge in [-0.1, -0.05) is 0 Å². The smallest absolute Gasteiger partial charge is 0.462 e. The largest absolute Gasteiger partial charge is 0.534 e. The summed E-state index contributed by atoms with van der Waals surface area (Å²) in [6.07, 6.45) is 0.885. The highest BCUT2D eigenvalue weighted by atomic mass is 32.2. The highest BCUT2D eigenvalue weighted by Crippen LogP contribution is 2.53. The van der Waals surface area contributed by atoms with Crippen molar-refractivity contribution in [1.82, 2.24) is 0 Å². The first-order valence-corrected chi connectivity index (χ1v) is 11.3. The fraction of sp³-hybridized carbons (Fsp3) is 0.300. The Morgan fingerprint density at radius 1 is 1.18 bits per heavy atom. The fourth-order valence-electron chi connectivity index (χ4n) is 4.18. The van der Waals surface area contributed by atoms with Crippen LogP contribution in [-0.2, 0) is 25.2 Å². The minimum absolute atomic E-state index is 0.0183. The fourth-order valence-corrected chi connectivity index (χ4v) is 4.63. The maximum atomic E-state index is 15.2. The number of amidine groups is 1. The number of anilines is 1. The summed E-state index contributed by atoms with van der Waals surface area (Å²) in [7, 11) is -5.95. The average molecular weight is 501 g/mol. The number of hydrogen-bond donors (Lipinski definition) is 1. The Balaban J connectivity index is 1.67. The van der Waals surface area contributed by atoms with Gasteiger partial charge in [0.05, 0.1) is 0 Å². The van der Waals surface area contributed by atoms with Crippen molar-refractivity contribution in [2.24, 2.45) is 10.7 Å². The van der Waals surface area contributed by atoms with E-state index in [0.29, 0.717) is 19.4 Å². The molecular weight excluding hydrogens is 486 g/mol. The third-order valence-corrected chi connectivity index (χ3v) is 6.67. The number of carbonyl (C=O) groups is 1. The van der Waals surface area contributed by atoms with Gasteiger partial charge < -0.3 is 24.3 Å². The zero-order valence-electron chi connectivity index (χ0n) is 17.1. The highest BCUT2D eigenvalue weighted by Gasteiger charge is 2.51. The molecule has 14 heteroatoms. The molecule has 1 saturated heterocycles. The molecule has 1 fully saturated rings. The minimum atomic E-state index is -5.95. The van der Waals surface area contributed by atoms with E-state index in [2.05, 4.69) is 9.18 Å². The lowest BCUT2D eigenvalue weighted by Crippen LogP contribution is -2.33. The number of benzene rings is 2. The zero-order valence-corrected chi connectivity index (χ0v) is 17.9. The van der Waals surface area contributed by atoms with Crippen molar-refractivity contribution < 1.29 is 44.4 Å². The van der Waals surface area contributed by atoms with Crippen LogP contribution in [0.25, 0.3) is 0 Å². The number of ether oxygens (including phenoxy) is 2. The quantitative estimate of drug-likeness (QED) is 0.390. The van der Waals surface area contributed by atoms with Crippen LogP contribution < -0.4 is 19.6 Å². The Kier molecular flexibility index (Phi) is 4.73. The van der Waals surface area contributed by atoms with Crippen molar-refractivity contribution >= 4 is 27.7 Å². The second-order valence-electron chi connectivity index (χ2n) is 7.80. The van der Waals surface area contributed by atoms with Crippen LogP contribution in [0.1, 0.15) is 24.0 Å². The second kappa shape index (κ2) is 7.22. The number of fused-ring (bicyclic) bond motifs is 4. The molecule has 3 aliphatic rings. The van der Waals surface area contributed by atoms with Gasteiger partial charge in [-0.05, 0) is 30.7 Å². The summed E-state index contributed by atoms with van der Waals surface area (Å²) in [5, 5.41) is 0. The van der Waals surface area contributed by atoms with Crippen LogP contribution >= 0.6 is 0 Å². The third kappa shape index (κ3) is 3.31. The molecule has 2 aromatic rings. The normalized spacial score (nSPS) is 21.6. The van der Waals surface area contributed by atoms with Gasteiger partial charge in [0.1, 0.15) is 18.1 Å². The summed E-state index contributed by atoms with van der Waals surface area (Å²) >= 11 is 0. The molecular formula is C20H15F4N3O6S. The van der Waals surface area contributed by atoms with Gasteiger partial charge in [0.2, 0.25) is 5.91 Å². The summed E-state index contributed by atoms with van der Waals surface area (Å²) in [6, 6.07) is 5.36. The molecule has 1 atom stereocenters. The van der Waals surface area contributed by atoms with Gasteiger partial charge in [-0.15, -0.1) is 0 Å². The lowest BCUT2D eigenvalue weighted by Gasteiger charge is -2.34. The molecule has 1 spiro atoms. The first-order valence-electron chi connectivity index (χ1n) is 9.87. The lowest BCUT2D eigenvalue weighted by molar-refractivity contribution is -0.117. The van der Waals surface area contributed by atoms with Crippen molar-refractivity contribution in [3.05, 3.63) is 47.3 Å². The van der Waals surface area contributed by atoms with Crippen molar-refractivity contribution in [1.29, 1.82) is 0 Å². The van der Waals surface area contributed by atoms with E-state index in [1.165, 1.54) is 11.0 Å². The number of amides is 1. The number of rotatable bonds is 3. The Bertz CT molecular complexity index is 1360. The summed E-state index contributed by atoms with van der Waals surface area (Å²) in [5.41, 5.74) is -1.14. The van der Waals surface area contributed by atoms with Gasteiger partial charge in [0.25, 0.3) is 6.02 Å². The van der Waals surface area contributed by atoms with E-state index in [1.807, 2.05) is 0 Å². The number of nitrogens with two attached hydrogens (primary N) is 1. The standard InChI is InChI=1S/C20H15F4N3O6S/c21-14-7-10(27-5-1-2-16(27)28)6-13-17(14)32-15-4-3-11(33-34(29,30)20(22,23)24)8-12(15)19(13)9-31-18(25)26-19/h3-4,6-8H,1-2,5,9H2,(H2,25,26)/t19-/m0/s1. The topological polar surface area (TPSA) is 121 Å². The van der Waals surface area contributed by atoms with Crippen LogP contribution in [0.3, 0.4) is 0 Å². The molecule has 0 aliphatic carbocycles. The molecule has 180 valence electrons. The Labute approximate surface area is 189 Å². The number of hydrogen-bond acceptors (Lipinski definition) is 8. The van der Waals surface area contributed by atoms with E-state index in [1.54, 1.807) is 0 Å². The molecule has 3 heterocycles. The van der Waals surface area contributed by atoms with E-state index in [0.717, 1.165) is 24.3 Å². The van der Waals surface area contributed by atoms with Crippen LogP contribution in [0.15, 0.2) is 35.3 Å². The molecule has 2 aromatic carbocycles. The molecule has 0 unspecified atom stereocenters. The Morgan fingerprint density at radius 3 is 2.56 bits per heavy atom. The van der Waals surface area contributed by atoms with E-state index in [-0.39, 0.29) is 46.8 Å². The number of alkyl halides is 3. The molecule has 0 aromatic heterocycles. The first kappa shape index (κ1) is 22.3. The van der Waals surface area contributed by atoms with Gasteiger partial charge in [0.15, 0.2) is 17.1 Å². The molecule has 2 N–H and O–H groups in total. The number of carbonyl (C=O) groups excluding carboxylic acids is 1. The van der Waals surface area contributed by atoms with E-state index in [4.69, 9.17) is 15.2 Å². The summed E-state index contributed by atoms with van der Waals surface area (Å²) in [4.78, 5) is 17.9. The Hall–Kier alpha value is -3.55. The lowest BCUT2D eigenvalue weighted by atomic mass is 9.81. The number of nitrogens with zero attached hydrogens (tertiary/aromatic N) is 2. The van der Waals surface area contributed by atoms with Gasteiger partial charge in [-0.2, -0.15) is 21.6 Å². The highest BCUT2D eigenvalue weighted by molar-refractivity contribution is 7.88. The molecule has 0 radical (unpaired) electrons. The van der Waals surface area contributed by atoms with Gasteiger partial charge in [-0.3, -0.25) is 4.79 Å². The van der Waals surface area contributed by atoms with E-state index in [9.17, 15) is 26.4 Å². The molecule has 0 saturated carbocycles. The van der Waals surface area contributed by atoms with E-state index < -0.39 is 32.7 Å². The molecule has 0 bridgehead atoms. The van der Waals surface area contributed by atoms with Crippen molar-refractivity contribution in [3.63, 3.8) is 0 Å². The predicted molar refractivity (Wildman–Crippen MR) is 108 cm³/mol. The van der Waals surface area contributed by atoms with Crippen molar-refractivity contribution in [3.8, 4) is 17.2 Å². The average Bonchev–Trinajstić information content (AvgIpc) is 3.35. The maximum Gasteiger partial charge on any atom is 0.534 e. The van der Waals surface area contributed by atoms with Crippen molar-refractivity contribution in [2.75, 3.05) is 18.1 Å². The number of halogens is 4. The summed E-state index contributed by atoms with van der Waals surface area (Å²) in [6.45, 7) is 0.0885. The summed E-state index contributed by atoms with van der Waals surface area (Å²) < 4.78 is 91.7. The molecule has 34 heavy (non-hydrogen) atoms. The molecule has 5 rings (SSSR count). The maximum absolute atomic E-state index is 15.2. The van der Waals surface area contributed by atoms with Crippen LogP contribution in [0.2, 0.25) is 0 Å². The van der Waals surface area contributed by atoms with Crippen molar-refractivity contribution in [2.45, 2.75) is 23.9 Å².